The molecule has 1 aliphatic rings. The number of fused-ring (bicyclic) bond motifs is 1. The van der Waals surface area contributed by atoms with E-state index >= 15 is 0 Å². The maximum absolute atomic E-state index is 12.6. The molecular formula is C10H5F3O5. The SMILES string of the molecule is O=C1OC(O)c2cc(C(=O)O)c(C(F)(F)F)cc21. The summed E-state index contributed by atoms with van der Waals surface area (Å²) in [5.74, 6) is -2.93. The first-order valence-electron chi connectivity index (χ1n) is 4.59. The Morgan fingerprint density at radius 2 is 1.94 bits per heavy atom. The molecule has 2 N–H and O–H groups in total. The van der Waals surface area contributed by atoms with Gasteiger partial charge in [0.15, 0.2) is 0 Å². The van der Waals surface area contributed by atoms with Gasteiger partial charge in [-0.25, -0.2) is 9.59 Å². The Hall–Kier alpha value is -2.09. The minimum atomic E-state index is -4.92. The predicted molar refractivity (Wildman–Crippen MR) is 48.8 cm³/mol. The number of carbonyl (C=O) groups is 2. The van der Waals surface area contributed by atoms with E-state index in [1.807, 2.05) is 0 Å². The summed E-state index contributed by atoms with van der Waals surface area (Å²) in [6.07, 6.45) is -6.66. The molecule has 96 valence electrons. The second-order valence-electron chi connectivity index (χ2n) is 3.55. The van der Waals surface area contributed by atoms with Gasteiger partial charge in [0.2, 0.25) is 6.29 Å². The lowest BCUT2D eigenvalue weighted by molar-refractivity contribution is -0.138. The average Bonchev–Trinajstić information content (AvgIpc) is 2.51. The summed E-state index contributed by atoms with van der Waals surface area (Å²) in [5.41, 5.74) is -3.27. The van der Waals surface area contributed by atoms with E-state index in [2.05, 4.69) is 4.74 Å². The van der Waals surface area contributed by atoms with Gasteiger partial charge < -0.3 is 14.9 Å². The second-order valence-corrected chi connectivity index (χ2v) is 3.55. The first-order chi connectivity index (χ1) is 8.21. The van der Waals surface area contributed by atoms with Crippen LogP contribution in [0.15, 0.2) is 12.1 Å². The minimum Gasteiger partial charge on any atom is -0.478 e. The summed E-state index contributed by atoms with van der Waals surface area (Å²) in [7, 11) is 0. The number of benzene rings is 1. The number of carboxylic acids is 1. The average molecular weight is 262 g/mol. The molecule has 0 fully saturated rings. The number of carbonyl (C=O) groups excluding carboxylic acids is 1. The molecule has 1 atom stereocenters. The zero-order valence-corrected chi connectivity index (χ0v) is 8.49. The van der Waals surface area contributed by atoms with Crippen molar-refractivity contribution in [2.24, 2.45) is 0 Å². The number of aliphatic hydroxyl groups excluding tert-OH is 1. The smallest absolute Gasteiger partial charge is 0.417 e. The van der Waals surface area contributed by atoms with E-state index in [0.29, 0.717) is 12.1 Å². The molecule has 0 saturated heterocycles. The number of cyclic esters (lactones) is 1. The molecule has 0 radical (unpaired) electrons. The van der Waals surface area contributed by atoms with Crippen LogP contribution in [0, 0.1) is 0 Å². The van der Waals surface area contributed by atoms with Crippen molar-refractivity contribution in [2.75, 3.05) is 0 Å². The van der Waals surface area contributed by atoms with Crippen molar-refractivity contribution in [3.05, 3.63) is 34.4 Å². The number of hydrogen-bond donors (Lipinski definition) is 2. The Labute approximate surface area is 97.4 Å². The van der Waals surface area contributed by atoms with Gasteiger partial charge in [0, 0.05) is 5.56 Å². The van der Waals surface area contributed by atoms with Crippen LogP contribution in [-0.2, 0) is 10.9 Å². The summed E-state index contributed by atoms with van der Waals surface area (Å²) in [4.78, 5) is 21.9. The number of aliphatic hydroxyl groups is 1. The Bertz CT molecular complexity index is 549. The summed E-state index contributed by atoms with van der Waals surface area (Å²) in [5, 5.41) is 17.9. The Morgan fingerprint density at radius 1 is 1.33 bits per heavy atom. The van der Waals surface area contributed by atoms with Crippen LogP contribution in [0.25, 0.3) is 0 Å². The highest BCUT2D eigenvalue weighted by molar-refractivity contribution is 5.97. The number of ether oxygens (including phenoxy) is 1. The number of esters is 1. The van der Waals surface area contributed by atoms with Crippen LogP contribution < -0.4 is 0 Å². The van der Waals surface area contributed by atoms with Gasteiger partial charge in [-0.2, -0.15) is 13.2 Å². The van der Waals surface area contributed by atoms with Gasteiger partial charge >= 0.3 is 18.1 Å². The number of alkyl halides is 3. The third-order valence-electron chi connectivity index (χ3n) is 2.43. The van der Waals surface area contributed by atoms with Crippen LogP contribution in [0.5, 0.6) is 0 Å². The van der Waals surface area contributed by atoms with Crippen LogP contribution >= 0.6 is 0 Å². The molecule has 18 heavy (non-hydrogen) atoms. The van der Waals surface area contributed by atoms with E-state index in [-0.39, 0.29) is 5.56 Å². The van der Waals surface area contributed by atoms with Gasteiger partial charge in [0.05, 0.1) is 16.7 Å². The molecule has 1 unspecified atom stereocenters. The van der Waals surface area contributed by atoms with Crippen LogP contribution in [0.4, 0.5) is 13.2 Å². The summed E-state index contributed by atoms with van der Waals surface area (Å²) in [6.45, 7) is 0. The van der Waals surface area contributed by atoms with Gasteiger partial charge in [-0.1, -0.05) is 0 Å². The van der Waals surface area contributed by atoms with Crippen molar-refractivity contribution in [3.63, 3.8) is 0 Å². The number of rotatable bonds is 1. The van der Waals surface area contributed by atoms with E-state index in [9.17, 15) is 27.9 Å². The van der Waals surface area contributed by atoms with Crippen molar-refractivity contribution >= 4 is 11.9 Å². The van der Waals surface area contributed by atoms with Gasteiger partial charge in [0.25, 0.3) is 0 Å². The first-order valence-corrected chi connectivity index (χ1v) is 4.59. The molecule has 1 aromatic carbocycles. The highest BCUT2D eigenvalue weighted by Crippen LogP contribution is 2.38. The normalized spacial score (nSPS) is 18.4. The molecule has 1 aromatic rings. The van der Waals surface area contributed by atoms with E-state index < -0.39 is 41.1 Å². The zero-order chi connectivity index (χ0) is 13.7. The van der Waals surface area contributed by atoms with E-state index in [4.69, 9.17) is 5.11 Å². The van der Waals surface area contributed by atoms with Crippen molar-refractivity contribution < 1.29 is 37.7 Å². The van der Waals surface area contributed by atoms with E-state index in [1.165, 1.54) is 0 Å². The van der Waals surface area contributed by atoms with Gasteiger partial charge in [-0.05, 0) is 12.1 Å². The first kappa shape index (κ1) is 12.4. The molecule has 2 rings (SSSR count). The molecule has 0 saturated carbocycles. The quantitative estimate of drug-likeness (QED) is 0.750. The van der Waals surface area contributed by atoms with Gasteiger partial charge in [0.1, 0.15) is 0 Å². The molecule has 8 heteroatoms. The fourth-order valence-corrected chi connectivity index (χ4v) is 1.64. The van der Waals surface area contributed by atoms with Crippen molar-refractivity contribution in [2.45, 2.75) is 12.5 Å². The summed E-state index contributed by atoms with van der Waals surface area (Å²) < 4.78 is 42.2. The zero-order valence-electron chi connectivity index (χ0n) is 8.49. The second kappa shape index (κ2) is 3.70. The van der Waals surface area contributed by atoms with Gasteiger partial charge in [-0.15, -0.1) is 0 Å². The minimum absolute atomic E-state index is 0.287. The lowest BCUT2D eigenvalue weighted by Gasteiger charge is -2.11. The maximum atomic E-state index is 12.6. The Morgan fingerprint density at radius 3 is 2.44 bits per heavy atom. The van der Waals surface area contributed by atoms with Gasteiger partial charge in [-0.3, -0.25) is 0 Å². The number of aromatic carboxylic acids is 1. The fraction of sp³-hybridized carbons (Fsp3) is 0.200. The maximum Gasteiger partial charge on any atom is 0.417 e. The lowest BCUT2D eigenvalue weighted by atomic mass is 9.99. The molecule has 0 spiro atoms. The van der Waals surface area contributed by atoms with Crippen molar-refractivity contribution in [3.8, 4) is 0 Å². The number of carboxylic acid groups (broad SMARTS) is 1. The predicted octanol–water partition coefficient (Wildman–Crippen LogP) is 1.56. The fourth-order valence-electron chi connectivity index (χ4n) is 1.64. The third kappa shape index (κ3) is 1.80. The molecular weight excluding hydrogens is 257 g/mol. The highest BCUT2D eigenvalue weighted by Gasteiger charge is 2.40. The number of hydrogen-bond acceptors (Lipinski definition) is 4. The molecule has 0 aromatic heterocycles. The standard InChI is InChI=1S/C10H5F3O5/c11-10(12,13)6-2-4-3(1-5(6)7(14)15)8(16)18-9(4)17/h1-2,8,16H,(H,14,15). The van der Waals surface area contributed by atoms with E-state index in [0.717, 1.165) is 0 Å². The van der Waals surface area contributed by atoms with Crippen molar-refractivity contribution in [1.82, 2.24) is 0 Å². The van der Waals surface area contributed by atoms with Crippen LogP contribution in [0.1, 0.15) is 38.1 Å². The lowest BCUT2D eigenvalue weighted by Crippen LogP contribution is -2.14. The van der Waals surface area contributed by atoms with Crippen LogP contribution in [-0.4, -0.2) is 22.2 Å². The van der Waals surface area contributed by atoms with Crippen molar-refractivity contribution in [1.29, 1.82) is 0 Å². The summed E-state index contributed by atoms with van der Waals surface area (Å²) >= 11 is 0. The molecule has 0 amide bonds. The Balaban J connectivity index is 2.72. The number of halogens is 3. The monoisotopic (exact) mass is 262 g/mol. The van der Waals surface area contributed by atoms with Crippen LogP contribution in [0.3, 0.4) is 0 Å². The van der Waals surface area contributed by atoms with E-state index in [1.54, 1.807) is 0 Å². The molecule has 1 aliphatic heterocycles. The Kier molecular flexibility index (Phi) is 2.54. The van der Waals surface area contributed by atoms with Crippen LogP contribution in [0.2, 0.25) is 0 Å². The topological polar surface area (TPSA) is 83.8 Å². The highest BCUT2D eigenvalue weighted by atomic mass is 19.4. The largest absolute Gasteiger partial charge is 0.478 e. The molecule has 5 nitrogen and oxygen atoms in total. The third-order valence-corrected chi connectivity index (χ3v) is 2.43. The molecule has 0 aliphatic carbocycles. The molecule has 0 bridgehead atoms. The summed E-state index contributed by atoms with van der Waals surface area (Å²) in [6, 6.07) is 0.966. The molecule has 1 heterocycles.